The summed E-state index contributed by atoms with van der Waals surface area (Å²) in [6.07, 6.45) is 4.39. The first-order valence-corrected chi connectivity index (χ1v) is 6.07. The van der Waals surface area contributed by atoms with Crippen LogP contribution in [0.25, 0.3) is 0 Å². The van der Waals surface area contributed by atoms with Crippen molar-refractivity contribution in [2.24, 2.45) is 5.10 Å². The molecular formula is C14H20N2. The van der Waals surface area contributed by atoms with Crippen molar-refractivity contribution in [1.29, 1.82) is 0 Å². The van der Waals surface area contributed by atoms with E-state index < -0.39 is 0 Å². The lowest BCUT2D eigenvalue weighted by Crippen LogP contribution is -2.41. The fraction of sp³-hybridized carbons (Fsp3) is 0.500. The summed E-state index contributed by atoms with van der Waals surface area (Å²) in [5.41, 5.74) is 2.64. The lowest BCUT2D eigenvalue weighted by atomic mass is 9.88. The van der Waals surface area contributed by atoms with Gasteiger partial charge in [0.05, 0.1) is 11.8 Å². The molecular weight excluding hydrogens is 196 g/mol. The summed E-state index contributed by atoms with van der Waals surface area (Å²) in [5.74, 6) is 0. The molecule has 0 fully saturated rings. The molecule has 0 saturated carbocycles. The Morgan fingerprint density at radius 2 is 2.00 bits per heavy atom. The Kier molecular flexibility index (Phi) is 2.99. The summed E-state index contributed by atoms with van der Waals surface area (Å²) in [5, 5.41) is 6.78. The van der Waals surface area contributed by atoms with Crippen LogP contribution in [0, 0.1) is 0 Å². The van der Waals surface area contributed by atoms with Crippen LogP contribution in [-0.2, 0) is 5.54 Å². The predicted molar refractivity (Wildman–Crippen MR) is 68.7 cm³/mol. The molecule has 0 saturated heterocycles. The van der Waals surface area contributed by atoms with E-state index in [1.54, 1.807) is 0 Å². The molecule has 0 aromatic heterocycles. The van der Waals surface area contributed by atoms with Crippen LogP contribution in [-0.4, -0.2) is 17.8 Å². The van der Waals surface area contributed by atoms with Crippen molar-refractivity contribution >= 4 is 6.21 Å². The van der Waals surface area contributed by atoms with E-state index in [0.717, 1.165) is 6.54 Å². The number of rotatable bonds is 3. The highest BCUT2D eigenvalue weighted by Crippen LogP contribution is 2.33. The molecule has 1 aromatic carbocycles. The molecule has 1 aromatic rings. The summed E-state index contributed by atoms with van der Waals surface area (Å²) in [6.45, 7) is 7.75. The van der Waals surface area contributed by atoms with Crippen LogP contribution in [0.1, 0.15) is 44.7 Å². The van der Waals surface area contributed by atoms with Crippen molar-refractivity contribution in [2.45, 2.75) is 39.2 Å². The maximum Gasteiger partial charge on any atom is 0.0777 e. The first-order chi connectivity index (χ1) is 7.66. The van der Waals surface area contributed by atoms with E-state index in [1.807, 2.05) is 6.21 Å². The van der Waals surface area contributed by atoms with Crippen molar-refractivity contribution < 1.29 is 0 Å². The van der Waals surface area contributed by atoms with Crippen molar-refractivity contribution in [3.05, 3.63) is 35.4 Å². The average Bonchev–Trinajstić information content (AvgIpc) is 2.28. The van der Waals surface area contributed by atoms with Gasteiger partial charge in [-0.15, -0.1) is 0 Å². The Bertz CT molecular complexity index is 393. The van der Waals surface area contributed by atoms with E-state index in [1.165, 1.54) is 24.0 Å². The molecule has 0 amide bonds. The standard InChI is InChI=1S/C14H20N2/c1-4-5-10-16-14(2,3)13-9-7-6-8-12(13)11-15-16/h6-9,11H,4-5,10H2,1-3H3. The third-order valence-corrected chi connectivity index (χ3v) is 3.32. The van der Waals surface area contributed by atoms with Gasteiger partial charge in [-0.05, 0) is 25.8 Å². The molecule has 0 aliphatic carbocycles. The third kappa shape index (κ3) is 1.84. The van der Waals surface area contributed by atoms with Crippen LogP contribution >= 0.6 is 0 Å². The van der Waals surface area contributed by atoms with Crippen molar-refractivity contribution in [3.8, 4) is 0 Å². The van der Waals surface area contributed by atoms with Crippen molar-refractivity contribution in [1.82, 2.24) is 5.01 Å². The van der Waals surface area contributed by atoms with Gasteiger partial charge in [-0.3, -0.25) is 5.01 Å². The van der Waals surface area contributed by atoms with Gasteiger partial charge in [-0.1, -0.05) is 37.6 Å². The van der Waals surface area contributed by atoms with E-state index in [-0.39, 0.29) is 5.54 Å². The molecule has 0 spiro atoms. The minimum atomic E-state index is 0.0144. The maximum atomic E-state index is 4.57. The van der Waals surface area contributed by atoms with Crippen LogP contribution in [0.3, 0.4) is 0 Å². The van der Waals surface area contributed by atoms with Crippen LogP contribution in [0.2, 0.25) is 0 Å². The van der Waals surface area contributed by atoms with Crippen LogP contribution in [0.5, 0.6) is 0 Å². The van der Waals surface area contributed by atoms with Gasteiger partial charge in [0.2, 0.25) is 0 Å². The van der Waals surface area contributed by atoms with Gasteiger partial charge in [0.15, 0.2) is 0 Å². The van der Waals surface area contributed by atoms with Gasteiger partial charge < -0.3 is 0 Å². The zero-order chi connectivity index (χ0) is 11.6. The molecule has 0 atom stereocenters. The smallest absolute Gasteiger partial charge is 0.0777 e. The number of hydrazone groups is 1. The van der Waals surface area contributed by atoms with Crippen LogP contribution < -0.4 is 0 Å². The van der Waals surface area contributed by atoms with Gasteiger partial charge in [0.1, 0.15) is 0 Å². The predicted octanol–water partition coefficient (Wildman–Crippen LogP) is 3.37. The zero-order valence-corrected chi connectivity index (χ0v) is 10.4. The van der Waals surface area contributed by atoms with E-state index in [4.69, 9.17) is 0 Å². The van der Waals surface area contributed by atoms with E-state index in [0.29, 0.717) is 0 Å². The Hall–Kier alpha value is -1.31. The number of fused-ring (bicyclic) bond motifs is 1. The molecule has 16 heavy (non-hydrogen) atoms. The molecule has 2 nitrogen and oxygen atoms in total. The summed E-state index contributed by atoms with van der Waals surface area (Å²) < 4.78 is 0. The second-order valence-electron chi connectivity index (χ2n) is 4.87. The quantitative estimate of drug-likeness (QED) is 0.756. The van der Waals surface area contributed by atoms with Gasteiger partial charge in [-0.25, -0.2) is 0 Å². The zero-order valence-electron chi connectivity index (χ0n) is 10.4. The summed E-state index contributed by atoms with van der Waals surface area (Å²) >= 11 is 0. The number of hydrogen-bond donors (Lipinski definition) is 0. The second-order valence-corrected chi connectivity index (χ2v) is 4.87. The summed E-state index contributed by atoms with van der Waals surface area (Å²) in [4.78, 5) is 0. The minimum Gasteiger partial charge on any atom is -0.287 e. The number of benzene rings is 1. The van der Waals surface area contributed by atoms with E-state index in [2.05, 4.69) is 55.1 Å². The first kappa shape index (κ1) is 11.2. The van der Waals surface area contributed by atoms with Crippen LogP contribution in [0.15, 0.2) is 29.4 Å². The van der Waals surface area contributed by atoms with E-state index >= 15 is 0 Å². The minimum absolute atomic E-state index is 0.0144. The Morgan fingerprint density at radius 1 is 1.25 bits per heavy atom. The van der Waals surface area contributed by atoms with Gasteiger partial charge in [0.25, 0.3) is 0 Å². The van der Waals surface area contributed by atoms with Crippen molar-refractivity contribution in [2.75, 3.05) is 6.54 Å². The third-order valence-electron chi connectivity index (χ3n) is 3.32. The summed E-state index contributed by atoms with van der Waals surface area (Å²) in [7, 11) is 0. The largest absolute Gasteiger partial charge is 0.287 e. The fourth-order valence-electron chi connectivity index (χ4n) is 2.23. The highest BCUT2D eigenvalue weighted by atomic mass is 15.5. The number of hydrogen-bond acceptors (Lipinski definition) is 2. The average molecular weight is 216 g/mol. The monoisotopic (exact) mass is 216 g/mol. The highest BCUT2D eigenvalue weighted by Gasteiger charge is 2.31. The molecule has 2 rings (SSSR count). The van der Waals surface area contributed by atoms with Gasteiger partial charge >= 0.3 is 0 Å². The molecule has 2 heteroatoms. The second kappa shape index (κ2) is 4.28. The topological polar surface area (TPSA) is 15.6 Å². The maximum absolute atomic E-state index is 4.57. The lowest BCUT2D eigenvalue weighted by molar-refractivity contribution is 0.119. The summed E-state index contributed by atoms with van der Waals surface area (Å²) in [6, 6.07) is 8.53. The Morgan fingerprint density at radius 3 is 2.75 bits per heavy atom. The van der Waals surface area contributed by atoms with Crippen LogP contribution in [0.4, 0.5) is 0 Å². The Labute approximate surface area is 98.0 Å². The molecule has 0 radical (unpaired) electrons. The molecule has 0 N–H and O–H groups in total. The van der Waals surface area contributed by atoms with Gasteiger partial charge in [0, 0.05) is 12.1 Å². The molecule has 1 aliphatic rings. The number of unbranched alkanes of at least 4 members (excludes halogenated alkanes) is 1. The Balaban J connectivity index is 2.30. The SMILES string of the molecule is CCCCN1N=Cc2ccccc2C1(C)C. The highest BCUT2D eigenvalue weighted by molar-refractivity contribution is 5.83. The normalized spacial score (nSPS) is 17.3. The fourth-order valence-corrected chi connectivity index (χ4v) is 2.23. The molecule has 0 unspecified atom stereocenters. The molecule has 0 bridgehead atoms. The van der Waals surface area contributed by atoms with E-state index in [9.17, 15) is 0 Å². The molecule has 1 aliphatic heterocycles. The first-order valence-electron chi connectivity index (χ1n) is 6.07. The lowest BCUT2D eigenvalue weighted by Gasteiger charge is -2.40. The van der Waals surface area contributed by atoms with Gasteiger partial charge in [-0.2, -0.15) is 5.10 Å². The molecule has 1 heterocycles. The number of nitrogens with zero attached hydrogens (tertiary/aromatic N) is 2. The molecule has 86 valence electrons. The van der Waals surface area contributed by atoms with Crippen molar-refractivity contribution in [3.63, 3.8) is 0 Å².